The minimum Gasteiger partial charge on any atom is -0.489 e. The highest BCUT2D eigenvalue weighted by atomic mass is 16.5. The van der Waals surface area contributed by atoms with Crippen LogP contribution in [-0.2, 0) is 4.74 Å². The molecule has 156 valence electrons. The minimum absolute atomic E-state index is 0.0672. The number of nitrogens with one attached hydrogen (secondary N) is 1. The van der Waals surface area contributed by atoms with Crippen LogP contribution < -0.4 is 10.1 Å². The van der Waals surface area contributed by atoms with Crippen molar-refractivity contribution >= 4 is 16.8 Å². The largest absolute Gasteiger partial charge is 0.489 e. The molecule has 0 spiro atoms. The molecule has 29 heavy (non-hydrogen) atoms. The number of ether oxygens (including phenoxy) is 2. The number of carbonyl (C=O) groups is 1. The highest BCUT2D eigenvalue weighted by Crippen LogP contribution is 2.33. The Labute approximate surface area is 172 Å². The SMILES string of the molecule is COCC(NC(=O)c1ccc2cc(OC3CCN(C(C)C)C3)ccc2n1)C1CC1. The maximum Gasteiger partial charge on any atom is 0.270 e. The van der Waals surface area contributed by atoms with Crippen molar-refractivity contribution in [2.75, 3.05) is 26.8 Å². The van der Waals surface area contributed by atoms with Gasteiger partial charge in [0.25, 0.3) is 5.91 Å². The topological polar surface area (TPSA) is 63.7 Å². The molecule has 1 N–H and O–H groups in total. The highest BCUT2D eigenvalue weighted by molar-refractivity contribution is 5.95. The van der Waals surface area contributed by atoms with Gasteiger partial charge in [-0.15, -0.1) is 0 Å². The van der Waals surface area contributed by atoms with E-state index in [9.17, 15) is 4.79 Å². The summed E-state index contributed by atoms with van der Waals surface area (Å²) in [5.41, 5.74) is 1.24. The van der Waals surface area contributed by atoms with Crippen LogP contribution in [0.3, 0.4) is 0 Å². The molecule has 1 aromatic carbocycles. The fourth-order valence-corrected chi connectivity index (χ4v) is 4.03. The van der Waals surface area contributed by atoms with Crippen molar-refractivity contribution in [1.29, 1.82) is 0 Å². The number of amides is 1. The standard InChI is InChI=1S/C23H31N3O3/c1-15(2)26-11-10-19(13-26)29-18-7-9-20-17(12-18)6-8-21(24-20)23(27)25-22(14-28-3)16-4-5-16/h6-9,12,15-16,19,22H,4-5,10-11,13-14H2,1-3H3,(H,25,27). The Morgan fingerprint density at radius 3 is 2.76 bits per heavy atom. The van der Waals surface area contributed by atoms with Crippen LogP contribution in [0.1, 0.15) is 43.6 Å². The number of rotatable bonds is 8. The molecule has 1 saturated heterocycles. The van der Waals surface area contributed by atoms with Gasteiger partial charge in [-0.2, -0.15) is 0 Å². The smallest absolute Gasteiger partial charge is 0.270 e. The van der Waals surface area contributed by atoms with Gasteiger partial charge in [-0.1, -0.05) is 6.07 Å². The highest BCUT2D eigenvalue weighted by Gasteiger charge is 2.32. The quantitative estimate of drug-likeness (QED) is 0.741. The van der Waals surface area contributed by atoms with Crippen molar-refractivity contribution in [2.24, 2.45) is 5.92 Å². The molecule has 4 rings (SSSR count). The Bertz CT molecular complexity index is 866. The monoisotopic (exact) mass is 397 g/mol. The molecule has 6 nitrogen and oxygen atoms in total. The summed E-state index contributed by atoms with van der Waals surface area (Å²) in [7, 11) is 1.67. The third-order valence-corrected chi connectivity index (χ3v) is 5.96. The molecule has 1 amide bonds. The summed E-state index contributed by atoms with van der Waals surface area (Å²) in [6.45, 7) is 7.04. The van der Waals surface area contributed by atoms with Gasteiger partial charge in [0.1, 0.15) is 17.5 Å². The van der Waals surface area contributed by atoms with Gasteiger partial charge in [-0.3, -0.25) is 9.69 Å². The number of carbonyl (C=O) groups excluding carboxylic acids is 1. The van der Waals surface area contributed by atoms with Gasteiger partial charge >= 0.3 is 0 Å². The van der Waals surface area contributed by atoms with Crippen LogP contribution in [0.2, 0.25) is 0 Å². The van der Waals surface area contributed by atoms with E-state index in [0.717, 1.165) is 49.0 Å². The van der Waals surface area contributed by atoms with Crippen molar-refractivity contribution in [1.82, 2.24) is 15.2 Å². The van der Waals surface area contributed by atoms with Crippen molar-refractivity contribution in [2.45, 2.75) is 51.3 Å². The fraction of sp³-hybridized carbons (Fsp3) is 0.565. The first kappa shape index (κ1) is 20.1. The summed E-state index contributed by atoms with van der Waals surface area (Å²) in [4.78, 5) is 19.6. The van der Waals surface area contributed by atoms with E-state index in [0.29, 0.717) is 24.3 Å². The zero-order chi connectivity index (χ0) is 20.4. The summed E-state index contributed by atoms with van der Waals surface area (Å²) >= 11 is 0. The lowest BCUT2D eigenvalue weighted by atomic mass is 10.1. The Hall–Kier alpha value is -2.18. The van der Waals surface area contributed by atoms with Crippen molar-refractivity contribution < 1.29 is 14.3 Å². The summed E-state index contributed by atoms with van der Waals surface area (Å²) in [6.07, 6.45) is 3.58. The first-order valence-electron chi connectivity index (χ1n) is 10.6. The normalized spacial score (nSPS) is 20.9. The minimum atomic E-state index is -0.138. The molecule has 1 aliphatic carbocycles. The number of hydrogen-bond acceptors (Lipinski definition) is 5. The number of aromatic nitrogens is 1. The molecule has 2 atom stereocenters. The second kappa shape index (κ2) is 8.67. The molecule has 1 saturated carbocycles. The van der Waals surface area contributed by atoms with Gasteiger partial charge in [-0.25, -0.2) is 4.98 Å². The van der Waals surface area contributed by atoms with Crippen LogP contribution in [0.25, 0.3) is 10.9 Å². The molecule has 2 aromatic rings. The first-order chi connectivity index (χ1) is 14.0. The number of nitrogens with zero attached hydrogens (tertiary/aromatic N) is 2. The van der Waals surface area contributed by atoms with Gasteiger partial charge in [0.05, 0.1) is 18.2 Å². The molecule has 6 heteroatoms. The number of fused-ring (bicyclic) bond motifs is 1. The zero-order valence-electron chi connectivity index (χ0n) is 17.6. The van der Waals surface area contributed by atoms with E-state index in [4.69, 9.17) is 9.47 Å². The fourth-order valence-electron chi connectivity index (χ4n) is 4.03. The molecule has 0 radical (unpaired) electrons. The van der Waals surface area contributed by atoms with E-state index in [1.807, 2.05) is 24.3 Å². The van der Waals surface area contributed by atoms with Gasteiger partial charge in [0, 0.05) is 31.6 Å². The predicted octanol–water partition coefficient (Wildman–Crippen LogP) is 3.25. The Balaban J connectivity index is 1.42. The second-order valence-electron chi connectivity index (χ2n) is 8.54. The van der Waals surface area contributed by atoms with Gasteiger partial charge in [0.2, 0.25) is 0 Å². The van der Waals surface area contributed by atoms with E-state index < -0.39 is 0 Å². The Morgan fingerprint density at radius 1 is 1.24 bits per heavy atom. The molecule has 1 aliphatic heterocycles. The predicted molar refractivity (Wildman–Crippen MR) is 113 cm³/mol. The number of pyridine rings is 1. The molecule has 0 bridgehead atoms. The molecule has 2 fully saturated rings. The lowest BCUT2D eigenvalue weighted by molar-refractivity contribution is 0.0879. The lowest BCUT2D eigenvalue weighted by Gasteiger charge is -2.20. The van der Waals surface area contributed by atoms with Crippen LogP contribution >= 0.6 is 0 Å². The number of likely N-dealkylation sites (tertiary alicyclic amines) is 1. The first-order valence-corrected chi connectivity index (χ1v) is 10.6. The average Bonchev–Trinajstić information content (AvgIpc) is 3.45. The Kier molecular flexibility index (Phi) is 6.01. The summed E-state index contributed by atoms with van der Waals surface area (Å²) < 4.78 is 11.4. The van der Waals surface area contributed by atoms with Crippen molar-refractivity contribution in [3.8, 4) is 5.75 Å². The van der Waals surface area contributed by atoms with Gasteiger partial charge < -0.3 is 14.8 Å². The second-order valence-corrected chi connectivity index (χ2v) is 8.54. The summed E-state index contributed by atoms with van der Waals surface area (Å²) in [5, 5.41) is 4.06. The zero-order valence-corrected chi connectivity index (χ0v) is 17.6. The number of methoxy groups -OCH3 is 1. The molecule has 1 aromatic heterocycles. The van der Waals surface area contributed by atoms with E-state index in [2.05, 4.69) is 29.0 Å². The maximum atomic E-state index is 12.6. The molecular formula is C23H31N3O3. The van der Waals surface area contributed by atoms with Crippen LogP contribution in [0, 0.1) is 5.92 Å². The molecule has 2 heterocycles. The third kappa shape index (κ3) is 4.87. The van der Waals surface area contributed by atoms with Crippen LogP contribution in [0.15, 0.2) is 30.3 Å². The third-order valence-electron chi connectivity index (χ3n) is 5.96. The van der Waals surface area contributed by atoms with E-state index >= 15 is 0 Å². The average molecular weight is 398 g/mol. The number of hydrogen-bond donors (Lipinski definition) is 1. The van der Waals surface area contributed by atoms with Crippen LogP contribution in [0.4, 0.5) is 0 Å². The van der Waals surface area contributed by atoms with Crippen LogP contribution in [0.5, 0.6) is 5.75 Å². The van der Waals surface area contributed by atoms with Crippen molar-refractivity contribution in [3.05, 3.63) is 36.0 Å². The molecule has 2 unspecified atom stereocenters. The van der Waals surface area contributed by atoms with E-state index in [1.54, 1.807) is 13.2 Å². The van der Waals surface area contributed by atoms with Crippen molar-refractivity contribution in [3.63, 3.8) is 0 Å². The van der Waals surface area contributed by atoms with E-state index in [1.165, 1.54) is 0 Å². The van der Waals surface area contributed by atoms with Gasteiger partial charge in [0.15, 0.2) is 0 Å². The van der Waals surface area contributed by atoms with E-state index in [-0.39, 0.29) is 18.1 Å². The lowest BCUT2D eigenvalue weighted by Crippen LogP contribution is -2.40. The maximum absolute atomic E-state index is 12.6. The summed E-state index contributed by atoms with van der Waals surface area (Å²) in [5.74, 6) is 1.25. The number of benzene rings is 1. The molecule has 2 aliphatic rings. The summed E-state index contributed by atoms with van der Waals surface area (Å²) in [6, 6.07) is 10.3. The molecular weight excluding hydrogens is 366 g/mol. The van der Waals surface area contributed by atoms with Gasteiger partial charge in [-0.05, 0) is 63.3 Å². The van der Waals surface area contributed by atoms with Crippen LogP contribution in [-0.4, -0.2) is 60.8 Å². The Morgan fingerprint density at radius 2 is 2.07 bits per heavy atom.